The van der Waals surface area contributed by atoms with E-state index in [1.54, 1.807) is 4.90 Å². The smallest absolute Gasteiger partial charge is 0.223 e. The van der Waals surface area contributed by atoms with Crippen LogP contribution >= 0.6 is 0 Å². The third-order valence-electron chi connectivity index (χ3n) is 3.58. The van der Waals surface area contributed by atoms with Crippen LogP contribution in [0.3, 0.4) is 0 Å². The maximum Gasteiger partial charge on any atom is 0.223 e. The van der Waals surface area contributed by atoms with Crippen LogP contribution in [0, 0.1) is 0 Å². The Balaban J connectivity index is 2.67. The van der Waals surface area contributed by atoms with Gasteiger partial charge in [-0.1, -0.05) is 37.3 Å². The van der Waals surface area contributed by atoms with Gasteiger partial charge in [-0.2, -0.15) is 0 Å². The van der Waals surface area contributed by atoms with Gasteiger partial charge in [0.05, 0.1) is 0 Å². The predicted molar refractivity (Wildman–Crippen MR) is 75.4 cm³/mol. The van der Waals surface area contributed by atoms with Crippen molar-refractivity contribution >= 4 is 5.91 Å². The number of benzene rings is 1. The van der Waals surface area contributed by atoms with Gasteiger partial charge in [0.2, 0.25) is 5.91 Å². The first-order chi connectivity index (χ1) is 8.60. The molecule has 0 aromatic heterocycles. The van der Waals surface area contributed by atoms with E-state index in [1.807, 2.05) is 32.2 Å². The van der Waals surface area contributed by atoms with E-state index in [1.165, 1.54) is 5.56 Å². The minimum atomic E-state index is 0.103. The minimum absolute atomic E-state index is 0.103. The van der Waals surface area contributed by atoms with Gasteiger partial charge in [-0.15, -0.1) is 0 Å². The van der Waals surface area contributed by atoms with Gasteiger partial charge in [0, 0.05) is 26.1 Å². The first kappa shape index (κ1) is 14.7. The molecule has 1 amide bonds. The van der Waals surface area contributed by atoms with Crippen molar-refractivity contribution < 1.29 is 4.79 Å². The summed E-state index contributed by atoms with van der Waals surface area (Å²) in [7, 11) is 1.83. The number of carbonyl (C=O) groups is 1. The van der Waals surface area contributed by atoms with Crippen LogP contribution in [0.25, 0.3) is 0 Å². The Morgan fingerprint density at radius 2 is 1.94 bits per heavy atom. The van der Waals surface area contributed by atoms with Gasteiger partial charge >= 0.3 is 0 Å². The summed E-state index contributed by atoms with van der Waals surface area (Å²) in [4.78, 5) is 13.9. The van der Waals surface area contributed by atoms with Gasteiger partial charge in [0.25, 0.3) is 0 Å². The average Bonchev–Trinajstić information content (AvgIpc) is 2.43. The molecule has 2 N–H and O–H groups in total. The molecule has 0 aliphatic carbocycles. The highest BCUT2D eigenvalue weighted by molar-refractivity contribution is 5.77. The molecule has 100 valence electrons. The highest BCUT2D eigenvalue weighted by atomic mass is 16.2. The van der Waals surface area contributed by atoms with Gasteiger partial charge < -0.3 is 10.6 Å². The molecule has 1 aromatic carbocycles. The van der Waals surface area contributed by atoms with Crippen LogP contribution in [-0.4, -0.2) is 30.4 Å². The van der Waals surface area contributed by atoms with Gasteiger partial charge in [-0.3, -0.25) is 4.79 Å². The molecule has 0 fully saturated rings. The fraction of sp³-hybridized carbons (Fsp3) is 0.533. The van der Waals surface area contributed by atoms with E-state index in [0.717, 1.165) is 6.42 Å². The second-order valence-electron chi connectivity index (χ2n) is 4.81. The number of carbonyl (C=O) groups excluding carboxylic acids is 1. The van der Waals surface area contributed by atoms with Crippen molar-refractivity contribution in [1.82, 2.24) is 4.90 Å². The fourth-order valence-electron chi connectivity index (χ4n) is 1.98. The van der Waals surface area contributed by atoms with Crippen LogP contribution in [-0.2, 0) is 4.79 Å². The average molecular weight is 248 g/mol. The Hall–Kier alpha value is -1.35. The summed E-state index contributed by atoms with van der Waals surface area (Å²) in [6.45, 7) is 4.60. The Kier molecular flexibility index (Phi) is 5.86. The van der Waals surface area contributed by atoms with Crippen LogP contribution in [0.5, 0.6) is 0 Å². The molecule has 3 heteroatoms. The van der Waals surface area contributed by atoms with Crippen LogP contribution < -0.4 is 5.73 Å². The zero-order chi connectivity index (χ0) is 13.5. The van der Waals surface area contributed by atoms with E-state index >= 15 is 0 Å². The lowest BCUT2D eigenvalue weighted by Crippen LogP contribution is -2.40. The molecular formula is C15H24N2O. The van der Waals surface area contributed by atoms with Crippen molar-refractivity contribution in [2.24, 2.45) is 5.73 Å². The predicted octanol–water partition coefficient (Wildman–Crippen LogP) is 2.38. The summed E-state index contributed by atoms with van der Waals surface area (Å²) in [5, 5.41) is 0. The van der Waals surface area contributed by atoms with Gasteiger partial charge in [0.1, 0.15) is 0 Å². The maximum absolute atomic E-state index is 12.2. The zero-order valence-electron chi connectivity index (χ0n) is 11.6. The van der Waals surface area contributed by atoms with E-state index in [0.29, 0.717) is 18.9 Å². The largest absolute Gasteiger partial charge is 0.342 e. The molecule has 3 nitrogen and oxygen atoms in total. The molecule has 0 saturated heterocycles. The molecule has 0 aliphatic rings. The van der Waals surface area contributed by atoms with Crippen molar-refractivity contribution in [2.75, 3.05) is 13.6 Å². The molecular weight excluding hydrogens is 224 g/mol. The molecule has 0 aliphatic heterocycles. The van der Waals surface area contributed by atoms with E-state index in [-0.39, 0.29) is 11.9 Å². The zero-order valence-corrected chi connectivity index (χ0v) is 11.6. The lowest BCUT2D eigenvalue weighted by Gasteiger charge is -2.26. The SMILES string of the molecule is CCC(CC(=O)N(C)C(C)CN)c1ccccc1. The lowest BCUT2D eigenvalue weighted by atomic mass is 9.92. The summed E-state index contributed by atoms with van der Waals surface area (Å²) in [5.41, 5.74) is 6.83. The third-order valence-corrected chi connectivity index (χ3v) is 3.58. The topological polar surface area (TPSA) is 46.3 Å². The van der Waals surface area contributed by atoms with Gasteiger partial charge in [0.15, 0.2) is 0 Å². The monoisotopic (exact) mass is 248 g/mol. The number of likely N-dealkylation sites (N-methyl/N-ethyl adjacent to an activating group) is 1. The van der Waals surface area contributed by atoms with Crippen LogP contribution in [0.15, 0.2) is 30.3 Å². The van der Waals surface area contributed by atoms with Crippen LogP contribution in [0.4, 0.5) is 0 Å². The number of amides is 1. The Morgan fingerprint density at radius 1 is 1.33 bits per heavy atom. The molecule has 0 spiro atoms. The second-order valence-corrected chi connectivity index (χ2v) is 4.81. The van der Waals surface area contributed by atoms with Crippen molar-refractivity contribution in [3.05, 3.63) is 35.9 Å². The molecule has 0 heterocycles. The fourth-order valence-corrected chi connectivity index (χ4v) is 1.98. The summed E-state index contributed by atoms with van der Waals surface area (Å²) in [6, 6.07) is 10.3. The van der Waals surface area contributed by atoms with Crippen LogP contribution in [0.1, 0.15) is 38.2 Å². The number of nitrogens with zero attached hydrogens (tertiary/aromatic N) is 1. The first-order valence-corrected chi connectivity index (χ1v) is 6.60. The van der Waals surface area contributed by atoms with E-state index < -0.39 is 0 Å². The summed E-state index contributed by atoms with van der Waals surface area (Å²) in [5.74, 6) is 0.467. The highest BCUT2D eigenvalue weighted by Gasteiger charge is 2.19. The number of nitrogens with two attached hydrogens (primary N) is 1. The number of hydrogen-bond donors (Lipinski definition) is 1. The van der Waals surface area contributed by atoms with E-state index in [4.69, 9.17) is 5.73 Å². The Bertz CT molecular complexity index is 364. The summed E-state index contributed by atoms with van der Waals surface area (Å²) in [6.07, 6.45) is 1.53. The quantitative estimate of drug-likeness (QED) is 0.840. The van der Waals surface area contributed by atoms with Gasteiger partial charge in [-0.05, 0) is 24.8 Å². The van der Waals surface area contributed by atoms with Crippen molar-refractivity contribution in [3.8, 4) is 0 Å². The number of rotatable bonds is 6. The normalized spacial score (nSPS) is 14.0. The second kappa shape index (κ2) is 7.17. The molecule has 0 saturated carbocycles. The molecule has 2 atom stereocenters. The first-order valence-electron chi connectivity index (χ1n) is 6.60. The van der Waals surface area contributed by atoms with Crippen molar-refractivity contribution in [2.45, 2.75) is 38.6 Å². The lowest BCUT2D eigenvalue weighted by molar-refractivity contribution is -0.131. The summed E-state index contributed by atoms with van der Waals surface area (Å²) >= 11 is 0. The molecule has 0 radical (unpaired) electrons. The summed E-state index contributed by atoms with van der Waals surface area (Å²) < 4.78 is 0. The molecule has 1 aromatic rings. The van der Waals surface area contributed by atoms with Crippen molar-refractivity contribution in [1.29, 1.82) is 0 Å². The number of hydrogen-bond acceptors (Lipinski definition) is 2. The minimum Gasteiger partial charge on any atom is -0.342 e. The molecule has 18 heavy (non-hydrogen) atoms. The maximum atomic E-state index is 12.2. The Labute approximate surface area is 110 Å². The van der Waals surface area contributed by atoms with Crippen LogP contribution in [0.2, 0.25) is 0 Å². The molecule has 0 bridgehead atoms. The molecule has 2 unspecified atom stereocenters. The Morgan fingerprint density at radius 3 is 2.44 bits per heavy atom. The molecule has 1 rings (SSSR count). The standard InChI is InChI=1S/C15H24N2O/c1-4-13(14-8-6-5-7-9-14)10-15(18)17(3)12(2)11-16/h5-9,12-13H,4,10-11,16H2,1-3H3. The van der Waals surface area contributed by atoms with Gasteiger partial charge in [-0.25, -0.2) is 0 Å². The van der Waals surface area contributed by atoms with E-state index in [9.17, 15) is 4.79 Å². The van der Waals surface area contributed by atoms with E-state index in [2.05, 4.69) is 19.1 Å². The highest BCUT2D eigenvalue weighted by Crippen LogP contribution is 2.23. The third kappa shape index (κ3) is 3.84. The van der Waals surface area contributed by atoms with Crippen molar-refractivity contribution in [3.63, 3.8) is 0 Å².